The van der Waals surface area contributed by atoms with Gasteiger partial charge in [-0.3, -0.25) is 9.69 Å². The van der Waals surface area contributed by atoms with Gasteiger partial charge in [0.2, 0.25) is 0 Å². The first-order valence-corrected chi connectivity index (χ1v) is 7.62. The quantitative estimate of drug-likeness (QED) is 0.897. The Balaban J connectivity index is 1.76. The SMILES string of the molecule is CC(CN1CCc2nc(-c3ccc(O)cc3)ncc2C1)C(=O)O. The smallest absolute Gasteiger partial charge is 0.307 e. The summed E-state index contributed by atoms with van der Waals surface area (Å²) in [6, 6.07) is 6.82. The normalized spacial score (nSPS) is 15.9. The summed E-state index contributed by atoms with van der Waals surface area (Å²) in [5.41, 5.74) is 2.94. The van der Waals surface area contributed by atoms with Gasteiger partial charge >= 0.3 is 5.97 Å². The van der Waals surface area contributed by atoms with Crippen LogP contribution in [0.2, 0.25) is 0 Å². The van der Waals surface area contributed by atoms with Crippen molar-refractivity contribution in [2.45, 2.75) is 19.9 Å². The van der Waals surface area contributed by atoms with Gasteiger partial charge in [-0.25, -0.2) is 9.97 Å². The molecular weight excluding hydrogens is 294 g/mol. The standard InChI is InChI=1S/C17H19N3O3/c1-11(17(22)23)9-20-7-6-15-13(10-20)8-18-16(19-15)12-2-4-14(21)5-3-12/h2-5,8,11,21H,6-7,9-10H2,1H3,(H,22,23). The van der Waals surface area contributed by atoms with E-state index in [1.165, 1.54) is 0 Å². The molecule has 6 nitrogen and oxygen atoms in total. The van der Waals surface area contributed by atoms with Gasteiger partial charge in [0, 0.05) is 43.4 Å². The number of carboxylic acids is 1. The van der Waals surface area contributed by atoms with E-state index in [2.05, 4.69) is 14.9 Å². The minimum Gasteiger partial charge on any atom is -0.508 e. The molecule has 2 heterocycles. The van der Waals surface area contributed by atoms with E-state index in [0.717, 1.165) is 29.8 Å². The lowest BCUT2D eigenvalue weighted by atomic mass is 10.0. The van der Waals surface area contributed by atoms with Crippen molar-refractivity contribution in [1.82, 2.24) is 14.9 Å². The Morgan fingerprint density at radius 1 is 1.35 bits per heavy atom. The molecule has 6 heteroatoms. The van der Waals surface area contributed by atoms with Crippen LogP contribution in [0, 0.1) is 5.92 Å². The molecule has 1 atom stereocenters. The maximum atomic E-state index is 11.0. The lowest BCUT2D eigenvalue weighted by Gasteiger charge is -2.29. The van der Waals surface area contributed by atoms with E-state index < -0.39 is 5.97 Å². The third kappa shape index (κ3) is 3.48. The Morgan fingerprint density at radius 2 is 2.09 bits per heavy atom. The highest BCUT2D eigenvalue weighted by molar-refractivity contribution is 5.69. The van der Waals surface area contributed by atoms with Crippen LogP contribution >= 0.6 is 0 Å². The third-order valence-electron chi connectivity index (χ3n) is 4.09. The minimum absolute atomic E-state index is 0.218. The molecule has 0 radical (unpaired) electrons. The number of aromatic hydroxyl groups is 1. The predicted octanol–water partition coefficient (Wildman–Crippen LogP) is 1.93. The van der Waals surface area contributed by atoms with Crippen LogP contribution in [-0.4, -0.2) is 44.1 Å². The average molecular weight is 313 g/mol. The van der Waals surface area contributed by atoms with E-state index in [1.807, 2.05) is 6.20 Å². The van der Waals surface area contributed by atoms with E-state index in [-0.39, 0.29) is 11.7 Å². The molecule has 0 bridgehead atoms. The van der Waals surface area contributed by atoms with Crippen LogP contribution in [0.25, 0.3) is 11.4 Å². The number of carbonyl (C=O) groups is 1. The van der Waals surface area contributed by atoms with Gasteiger partial charge < -0.3 is 10.2 Å². The maximum Gasteiger partial charge on any atom is 0.307 e. The van der Waals surface area contributed by atoms with Crippen LogP contribution in [0.4, 0.5) is 0 Å². The van der Waals surface area contributed by atoms with Gasteiger partial charge in [0.15, 0.2) is 5.82 Å². The second-order valence-corrected chi connectivity index (χ2v) is 5.94. The Labute approximate surface area is 134 Å². The minimum atomic E-state index is -0.769. The highest BCUT2D eigenvalue weighted by atomic mass is 16.4. The summed E-state index contributed by atoms with van der Waals surface area (Å²) < 4.78 is 0. The molecule has 2 N–H and O–H groups in total. The Kier molecular flexibility index (Phi) is 4.25. The molecule has 2 aromatic rings. The summed E-state index contributed by atoms with van der Waals surface area (Å²) in [4.78, 5) is 22.1. The molecule has 0 aliphatic carbocycles. The number of nitrogens with zero attached hydrogens (tertiary/aromatic N) is 3. The first-order valence-electron chi connectivity index (χ1n) is 7.62. The molecule has 0 amide bonds. The highest BCUT2D eigenvalue weighted by Crippen LogP contribution is 2.22. The topological polar surface area (TPSA) is 86.5 Å². The Bertz CT molecular complexity index is 716. The number of phenolic OH excluding ortho intramolecular Hbond substituents is 1. The van der Waals surface area contributed by atoms with E-state index in [4.69, 9.17) is 5.11 Å². The maximum absolute atomic E-state index is 11.0. The third-order valence-corrected chi connectivity index (χ3v) is 4.09. The molecule has 1 aliphatic heterocycles. The van der Waals surface area contributed by atoms with Gasteiger partial charge in [-0.05, 0) is 24.3 Å². The molecular formula is C17H19N3O3. The van der Waals surface area contributed by atoms with Gasteiger partial charge in [0.05, 0.1) is 11.6 Å². The first-order chi connectivity index (χ1) is 11.0. The van der Waals surface area contributed by atoms with E-state index in [1.54, 1.807) is 31.2 Å². The summed E-state index contributed by atoms with van der Waals surface area (Å²) >= 11 is 0. The zero-order chi connectivity index (χ0) is 16.4. The first kappa shape index (κ1) is 15.4. The number of hydrogen-bond donors (Lipinski definition) is 2. The number of benzene rings is 1. The highest BCUT2D eigenvalue weighted by Gasteiger charge is 2.22. The van der Waals surface area contributed by atoms with Crippen molar-refractivity contribution < 1.29 is 15.0 Å². The van der Waals surface area contributed by atoms with E-state index in [0.29, 0.717) is 18.9 Å². The number of aliphatic carboxylic acids is 1. The zero-order valence-electron chi connectivity index (χ0n) is 12.9. The molecule has 3 rings (SSSR count). The van der Waals surface area contributed by atoms with E-state index in [9.17, 15) is 9.90 Å². The monoisotopic (exact) mass is 313 g/mol. The van der Waals surface area contributed by atoms with E-state index >= 15 is 0 Å². The van der Waals surface area contributed by atoms with Crippen LogP contribution in [0.15, 0.2) is 30.5 Å². The summed E-state index contributed by atoms with van der Waals surface area (Å²) in [6.45, 7) is 3.75. The molecule has 0 saturated heterocycles. The Hall–Kier alpha value is -2.47. The molecule has 0 fully saturated rings. The lowest BCUT2D eigenvalue weighted by molar-refractivity contribution is -0.141. The number of hydrogen-bond acceptors (Lipinski definition) is 5. The van der Waals surface area contributed by atoms with Crippen molar-refractivity contribution in [3.05, 3.63) is 41.7 Å². The predicted molar refractivity (Wildman–Crippen MR) is 84.9 cm³/mol. The van der Waals surface area contributed by atoms with Gasteiger partial charge in [-0.2, -0.15) is 0 Å². The largest absolute Gasteiger partial charge is 0.508 e. The molecule has 1 aromatic carbocycles. The molecule has 120 valence electrons. The van der Waals surface area contributed by atoms with Crippen molar-refractivity contribution >= 4 is 5.97 Å². The van der Waals surface area contributed by atoms with Gasteiger partial charge in [-0.15, -0.1) is 0 Å². The number of rotatable bonds is 4. The number of phenols is 1. The molecule has 1 aromatic heterocycles. The number of fused-ring (bicyclic) bond motifs is 1. The number of aromatic nitrogens is 2. The molecule has 0 spiro atoms. The van der Waals surface area contributed by atoms with Crippen LogP contribution in [-0.2, 0) is 17.8 Å². The van der Waals surface area contributed by atoms with Gasteiger partial charge in [0.1, 0.15) is 5.75 Å². The van der Waals surface area contributed by atoms with Crippen molar-refractivity contribution in [1.29, 1.82) is 0 Å². The fourth-order valence-corrected chi connectivity index (χ4v) is 2.75. The van der Waals surface area contributed by atoms with Crippen LogP contribution in [0.3, 0.4) is 0 Å². The molecule has 1 aliphatic rings. The summed E-state index contributed by atoms with van der Waals surface area (Å²) in [6.07, 6.45) is 2.61. The van der Waals surface area contributed by atoms with Crippen molar-refractivity contribution in [3.8, 4) is 17.1 Å². The molecule has 0 saturated carbocycles. The summed E-state index contributed by atoms with van der Waals surface area (Å²) in [7, 11) is 0. The summed E-state index contributed by atoms with van der Waals surface area (Å²) in [5.74, 6) is -0.283. The number of carboxylic acid groups (broad SMARTS) is 1. The van der Waals surface area contributed by atoms with Gasteiger partial charge in [-0.1, -0.05) is 6.92 Å². The van der Waals surface area contributed by atoms with Crippen LogP contribution < -0.4 is 0 Å². The van der Waals surface area contributed by atoms with Crippen molar-refractivity contribution in [2.75, 3.05) is 13.1 Å². The van der Waals surface area contributed by atoms with Crippen molar-refractivity contribution in [3.63, 3.8) is 0 Å². The molecule has 23 heavy (non-hydrogen) atoms. The molecule has 1 unspecified atom stereocenters. The second-order valence-electron chi connectivity index (χ2n) is 5.94. The summed E-state index contributed by atoms with van der Waals surface area (Å²) in [5, 5.41) is 18.4. The van der Waals surface area contributed by atoms with Crippen molar-refractivity contribution in [2.24, 2.45) is 5.92 Å². The van der Waals surface area contributed by atoms with Crippen LogP contribution in [0.1, 0.15) is 18.2 Å². The fraction of sp³-hybridized carbons (Fsp3) is 0.353. The lowest BCUT2D eigenvalue weighted by Crippen LogP contribution is -2.36. The Morgan fingerprint density at radius 3 is 2.78 bits per heavy atom. The zero-order valence-corrected chi connectivity index (χ0v) is 12.9. The fourth-order valence-electron chi connectivity index (χ4n) is 2.75. The van der Waals surface area contributed by atoms with Gasteiger partial charge in [0.25, 0.3) is 0 Å². The second kappa shape index (κ2) is 6.34. The van der Waals surface area contributed by atoms with Crippen LogP contribution in [0.5, 0.6) is 5.75 Å². The average Bonchev–Trinajstić information content (AvgIpc) is 2.55.